The Balaban J connectivity index is 2.33. The highest BCUT2D eigenvalue weighted by Gasteiger charge is 2.52. The van der Waals surface area contributed by atoms with Gasteiger partial charge in [-0.25, -0.2) is 0 Å². The van der Waals surface area contributed by atoms with Crippen LogP contribution in [-0.2, 0) is 5.41 Å². The van der Waals surface area contributed by atoms with E-state index in [4.69, 9.17) is 5.73 Å². The van der Waals surface area contributed by atoms with E-state index >= 15 is 0 Å². The third kappa shape index (κ3) is 1.59. The standard InChI is InChI=1S/C14H21N/c1-4-12-8-14(12,9-15)13-6-5-10(2)11(3)7-13/h5-7,12H,4,8-9,15H2,1-3H3. The summed E-state index contributed by atoms with van der Waals surface area (Å²) in [5, 5.41) is 0. The van der Waals surface area contributed by atoms with E-state index in [2.05, 4.69) is 39.0 Å². The van der Waals surface area contributed by atoms with Crippen molar-refractivity contribution in [3.05, 3.63) is 34.9 Å². The second-order valence-corrected chi connectivity index (χ2v) is 4.97. The maximum absolute atomic E-state index is 5.95. The lowest BCUT2D eigenvalue weighted by atomic mass is 9.90. The van der Waals surface area contributed by atoms with Crippen LogP contribution in [0.2, 0.25) is 0 Å². The number of rotatable bonds is 3. The summed E-state index contributed by atoms with van der Waals surface area (Å²) in [5.74, 6) is 0.810. The molecule has 2 N–H and O–H groups in total. The Bertz CT molecular complexity index is 370. The molecule has 1 fully saturated rings. The number of benzene rings is 1. The Labute approximate surface area is 92.7 Å². The second kappa shape index (κ2) is 3.64. The van der Waals surface area contributed by atoms with E-state index < -0.39 is 0 Å². The molecule has 0 heterocycles. The van der Waals surface area contributed by atoms with Crippen LogP contribution in [0.15, 0.2) is 18.2 Å². The number of aryl methyl sites for hydroxylation is 2. The molecule has 1 aromatic carbocycles. The second-order valence-electron chi connectivity index (χ2n) is 4.97. The van der Waals surface area contributed by atoms with Gasteiger partial charge >= 0.3 is 0 Å². The summed E-state index contributed by atoms with van der Waals surface area (Å²) in [6.45, 7) is 7.42. The molecule has 1 aliphatic rings. The fraction of sp³-hybridized carbons (Fsp3) is 0.571. The summed E-state index contributed by atoms with van der Waals surface area (Å²) < 4.78 is 0. The van der Waals surface area contributed by atoms with Crippen LogP contribution in [0, 0.1) is 19.8 Å². The van der Waals surface area contributed by atoms with Gasteiger partial charge in [-0.15, -0.1) is 0 Å². The molecule has 0 aromatic heterocycles. The van der Waals surface area contributed by atoms with Gasteiger partial charge in [-0.1, -0.05) is 31.5 Å². The van der Waals surface area contributed by atoms with E-state index in [9.17, 15) is 0 Å². The van der Waals surface area contributed by atoms with Crippen LogP contribution < -0.4 is 5.73 Å². The van der Waals surface area contributed by atoms with Crippen LogP contribution in [-0.4, -0.2) is 6.54 Å². The maximum Gasteiger partial charge on any atom is 0.0107 e. The number of hydrogen-bond acceptors (Lipinski definition) is 1. The Morgan fingerprint density at radius 2 is 2.07 bits per heavy atom. The van der Waals surface area contributed by atoms with E-state index in [0.717, 1.165) is 12.5 Å². The average molecular weight is 203 g/mol. The molecule has 0 saturated heterocycles. The zero-order valence-electron chi connectivity index (χ0n) is 10.0. The first-order chi connectivity index (χ1) is 7.14. The molecule has 1 aliphatic carbocycles. The minimum absolute atomic E-state index is 0.313. The molecule has 0 radical (unpaired) electrons. The van der Waals surface area contributed by atoms with E-state index in [1.807, 2.05) is 0 Å². The van der Waals surface area contributed by atoms with Crippen LogP contribution in [0.4, 0.5) is 0 Å². The monoisotopic (exact) mass is 203 g/mol. The average Bonchev–Trinajstić information content (AvgIpc) is 2.97. The van der Waals surface area contributed by atoms with Gasteiger partial charge < -0.3 is 5.73 Å². The summed E-state index contributed by atoms with van der Waals surface area (Å²) >= 11 is 0. The van der Waals surface area contributed by atoms with Crippen molar-refractivity contribution < 1.29 is 0 Å². The van der Waals surface area contributed by atoms with Crippen LogP contribution in [0.5, 0.6) is 0 Å². The highest BCUT2D eigenvalue weighted by atomic mass is 14.7. The van der Waals surface area contributed by atoms with Crippen molar-refractivity contribution in [3.63, 3.8) is 0 Å². The fourth-order valence-electron chi connectivity index (χ4n) is 2.69. The highest BCUT2D eigenvalue weighted by molar-refractivity contribution is 5.39. The molecule has 0 bridgehead atoms. The largest absolute Gasteiger partial charge is 0.330 e. The van der Waals surface area contributed by atoms with Crippen molar-refractivity contribution in [2.75, 3.05) is 6.54 Å². The molecular formula is C14H21N. The van der Waals surface area contributed by atoms with Gasteiger partial charge in [-0.3, -0.25) is 0 Å². The summed E-state index contributed by atoms with van der Waals surface area (Å²) in [6, 6.07) is 6.83. The molecule has 0 spiro atoms. The normalized spacial score (nSPS) is 29.2. The third-order valence-corrected chi connectivity index (χ3v) is 4.17. The summed E-state index contributed by atoms with van der Waals surface area (Å²) in [5.41, 5.74) is 10.5. The maximum atomic E-state index is 5.95. The predicted octanol–water partition coefficient (Wildman–Crippen LogP) is 2.93. The summed E-state index contributed by atoms with van der Waals surface area (Å²) in [7, 11) is 0. The van der Waals surface area contributed by atoms with Gasteiger partial charge in [0.15, 0.2) is 0 Å². The lowest BCUT2D eigenvalue weighted by molar-refractivity contribution is 0.599. The highest BCUT2D eigenvalue weighted by Crippen LogP contribution is 2.55. The number of hydrogen-bond donors (Lipinski definition) is 1. The van der Waals surface area contributed by atoms with Crippen LogP contribution in [0.3, 0.4) is 0 Å². The van der Waals surface area contributed by atoms with E-state index in [-0.39, 0.29) is 0 Å². The lowest BCUT2D eigenvalue weighted by Crippen LogP contribution is -2.22. The SMILES string of the molecule is CCC1CC1(CN)c1ccc(C)c(C)c1. The van der Waals surface area contributed by atoms with Gasteiger partial charge in [0.05, 0.1) is 0 Å². The van der Waals surface area contributed by atoms with Gasteiger partial charge in [-0.2, -0.15) is 0 Å². The van der Waals surface area contributed by atoms with Crippen molar-refractivity contribution in [1.82, 2.24) is 0 Å². The van der Waals surface area contributed by atoms with Crippen molar-refractivity contribution in [2.24, 2.45) is 11.7 Å². The molecule has 82 valence electrons. The molecule has 1 aromatic rings. The topological polar surface area (TPSA) is 26.0 Å². The minimum Gasteiger partial charge on any atom is -0.330 e. The quantitative estimate of drug-likeness (QED) is 0.803. The number of nitrogens with two attached hydrogens (primary N) is 1. The fourth-order valence-corrected chi connectivity index (χ4v) is 2.69. The molecule has 1 heteroatoms. The van der Waals surface area contributed by atoms with E-state index in [0.29, 0.717) is 5.41 Å². The predicted molar refractivity (Wildman–Crippen MR) is 65.0 cm³/mol. The van der Waals surface area contributed by atoms with Crippen molar-refractivity contribution in [1.29, 1.82) is 0 Å². The lowest BCUT2D eigenvalue weighted by Gasteiger charge is -2.16. The first-order valence-corrected chi connectivity index (χ1v) is 5.92. The van der Waals surface area contributed by atoms with Crippen LogP contribution in [0.25, 0.3) is 0 Å². The van der Waals surface area contributed by atoms with E-state index in [1.54, 1.807) is 0 Å². The third-order valence-electron chi connectivity index (χ3n) is 4.17. The van der Waals surface area contributed by atoms with Crippen LogP contribution >= 0.6 is 0 Å². The summed E-state index contributed by atoms with van der Waals surface area (Å²) in [6.07, 6.45) is 2.53. The molecular weight excluding hydrogens is 182 g/mol. The molecule has 1 saturated carbocycles. The molecule has 1 nitrogen and oxygen atoms in total. The molecule has 0 amide bonds. The first-order valence-electron chi connectivity index (χ1n) is 5.92. The first kappa shape index (κ1) is 10.7. The molecule has 2 rings (SSSR count). The molecule has 0 aliphatic heterocycles. The molecule has 2 atom stereocenters. The van der Waals surface area contributed by atoms with Crippen molar-refractivity contribution >= 4 is 0 Å². The van der Waals surface area contributed by atoms with Gasteiger partial charge in [0, 0.05) is 12.0 Å². The molecule has 2 unspecified atom stereocenters. The minimum atomic E-state index is 0.313. The molecule has 15 heavy (non-hydrogen) atoms. The van der Waals surface area contributed by atoms with Gasteiger partial charge in [-0.05, 0) is 42.9 Å². The van der Waals surface area contributed by atoms with Crippen molar-refractivity contribution in [3.8, 4) is 0 Å². The summed E-state index contributed by atoms with van der Waals surface area (Å²) in [4.78, 5) is 0. The smallest absolute Gasteiger partial charge is 0.0107 e. The Morgan fingerprint density at radius 1 is 1.33 bits per heavy atom. The van der Waals surface area contributed by atoms with E-state index in [1.165, 1.54) is 29.5 Å². The Kier molecular flexibility index (Phi) is 2.59. The van der Waals surface area contributed by atoms with Crippen LogP contribution in [0.1, 0.15) is 36.5 Å². The Hall–Kier alpha value is -0.820. The van der Waals surface area contributed by atoms with Gasteiger partial charge in [0.2, 0.25) is 0 Å². The van der Waals surface area contributed by atoms with Crippen molar-refractivity contribution in [2.45, 2.75) is 39.0 Å². The van der Waals surface area contributed by atoms with Gasteiger partial charge in [0.1, 0.15) is 0 Å². The van der Waals surface area contributed by atoms with Gasteiger partial charge in [0.25, 0.3) is 0 Å². The zero-order valence-corrected chi connectivity index (χ0v) is 10.0. The Morgan fingerprint density at radius 3 is 2.53 bits per heavy atom. The zero-order chi connectivity index (χ0) is 11.1.